The SMILES string of the molecule is C=CCC1CC2CCCCC2C(CC=C)(CC=C)/C1=C(/C)CO. The number of hydrogen-bond donors (Lipinski definition) is 1. The topological polar surface area (TPSA) is 20.2 Å². The van der Waals surface area contributed by atoms with E-state index in [1.807, 2.05) is 0 Å². The van der Waals surface area contributed by atoms with Crippen LogP contribution in [-0.4, -0.2) is 11.7 Å². The van der Waals surface area contributed by atoms with E-state index in [-0.39, 0.29) is 12.0 Å². The zero-order valence-corrected chi connectivity index (χ0v) is 14.9. The molecule has 1 N–H and O–H groups in total. The normalized spacial score (nSPS) is 31.8. The summed E-state index contributed by atoms with van der Waals surface area (Å²) in [6.07, 6.45) is 15.9. The van der Waals surface area contributed by atoms with E-state index >= 15 is 0 Å². The smallest absolute Gasteiger partial charge is 0.0642 e. The summed E-state index contributed by atoms with van der Waals surface area (Å²) >= 11 is 0. The van der Waals surface area contributed by atoms with Crippen LogP contribution in [0, 0.1) is 23.2 Å². The van der Waals surface area contributed by atoms with Crippen molar-refractivity contribution in [3.63, 3.8) is 0 Å². The molecule has 23 heavy (non-hydrogen) atoms. The highest BCUT2D eigenvalue weighted by molar-refractivity contribution is 5.31. The third-order valence-electron chi connectivity index (χ3n) is 6.32. The molecule has 2 rings (SSSR count). The van der Waals surface area contributed by atoms with Crippen LogP contribution in [0.4, 0.5) is 0 Å². The van der Waals surface area contributed by atoms with E-state index < -0.39 is 0 Å². The van der Waals surface area contributed by atoms with Crippen LogP contribution in [0.15, 0.2) is 49.1 Å². The van der Waals surface area contributed by atoms with Crippen LogP contribution in [0.1, 0.15) is 58.3 Å². The second-order valence-corrected chi connectivity index (χ2v) is 7.60. The van der Waals surface area contributed by atoms with E-state index in [1.165, 1.54) is 43.3 Å². The summed E-state index contributed by atoms with van der Waals surface area (Å²) < 4.78 is 0. The first-order valence-electron chi connectivity index (χ1n) is 9.28. The Morgan fingerprint density at radius 3 is 2.35 bits per heavy atom. The molecule has 1 nitrogen and oxygen atoms in total. The molecule has 0 radical (unpaired) electrons. The molecule has 0 aromatic rings. The van der Waals surface area contributed by atoms with Gasteiger partial charge in [0.15, 0.2) is 0 Å². The molecule has 0 spiro atoms. The number of aliphatic hydroxyl groups is 1. The maximum atomic E-state index is 9.90. The van der Waals surface area contributed by atoms with Crippen molar-refractivity contribution < 1.29 is 5.11 Å². The van der Waals surface area contributed by atoms with Crippen molar-refractivity contribution in [1.82, 2.24) is 0 Å². The molecule has 128 valence electrons. The molecular weight excluding hydrogens is 280 g/mol. The zero-order valence-electron chi connectivity index (χ0n) is 14.9. The Morgan fingerprint density at radius 1 is 1.13 bits per heavy atom. The fraction of sp³-hybridized carbons (Fsp3) is 0.636. The van der Waals surface area contributed by atoms with Crippen molar-refractivity contribution in [3.05, 3.63) is 49.1 Å². The summed E-state index contributed by atoms with van der Waals surface area (Å²) in [5.74, 6) is 2.05. The lowest BCUT2D eigenvalue weighted by Crippen LogP contribution is -2.46. The first-order valence-corrected chi connectivity index (χ1v) is 9.28. The van der Waals surface area contributed by atoms with E-state index in [0.29, 0.717) is 11.8 Å². The standard InChI is InChI=1S/C22H34O/c1-5-10-19-15-18-11-8-9-12-20(18)22(13-6-2,14-7-3)21(19)17(4)16-23/h5-7,18-20,23H,1-3,8-16H2,4H3/b21-17-. The molecule has 0 saturated heterocycles. The number of allylic oxidation sites excluding steroid dienone is 4. The highest BCUT2D eigenvalue weighted by Gasteiger charge is 2.50. The third kappa shape index (κ3) is 3.40. The zero-order chi connectivity index (χ0) is 16.9. The van der Waals surface area contributed by atoms with Gasteiger partial charge in [-0.1, -0.05) is 43.1 Å². The van der Waals surface area contributed by atoms with Gasteiger partial charge in [0, 0.05) is 5.41 Å². The Bertz CT molecular complexity index is 460. The van der Waals surface area contributed by atoms with E-state index in [9.17, 15) is 5.11 Å². The minimum Gasteiger partial charge on any atom is -0.392 e. The van der Waals surface area contributed by atoms with Gasteiger partial charge in [-0.2, -0.15) is 0 Å². The molecule has 0 aromatic carbocycles. The molecule has 1 heteroatoms. The monoisotopic (exact) mass is 314 g/mol. The lowest BCUT2D eigenvalue weighted by atomic mass is 9.49. The molecular formula is C22H34O. The maximum Gasteiger partial charge on any atom is 0.0642 e. The van der Waals surface area contributed by atoms with Crippen LogP contribution in [0.5, 0.6) is 0 Å². The van der Waals surface area contributed by atoms with Gasteiger partial charge in [0.1, 0.15) is 0 Å². The van der Waals surface area contributed by atoms with E-state index in [1.54, 1.807) is 0 Å². The molecule has 0 amide bonds. The molecule has 0 aromatic heterocycles. The van der Waals surface area contributed by atoms with Gasteiger partial charge in [0.05, 0.1) is 6.61 Å². The molecule has 3 unspecified atom stereocenters. The fourth-order valence-electron chi connectivity index (χ4n) is 5.70. The summed E-state index contributed by atoms with van der Waals surface area (Å²) in [4.78, 5) is 0. The average molecular weight is 315 g/mol. The largest absolute Gasteiger partial charge is 0.392 e. The predicted molar refractivity (Wildman–Crippen MR) is 100 cm³/mol. The predicted octanol–water partition coefficient (Wildman–Crippen LogP) is 5.84. The van der Waals surface area contributed by atoms with Crippen LogP contribution in [-0.2, 0) is 0 Å². The van der Waals surface area contributed by atoms with Gasteiger partial charge in [-0.05, 0) is 62.4 Å². The number of aliphatic hydroxyl groups excluding tert-OH is 1. The third-order valence-corrected chi connectivity index (χ3v) is 6.32. The van der Waals surface area contributed by atoms with Crippen LogP contribution in [0.3, 0.4) is 0 Å². The van der Waals surface area contributed by atoms with Crippen molar-refractivity contribution in [2.24, 2.45) is 23.2 Å². The Morgan fingerprint density at radius 2 is 1.78 bits per heavy atom. The molecule has 2 saturated carbocycles. The molecule has 2 aliphatic rings. The molecule has 0 bridgehead atoms. The highest BCUT2D eigenvalue weighted by atomic mass is 16.3. The average Bonchev–Trinajstić information content (AvgIpc) is 2.55. The molecule has 3 atom stereocenters. The van der Waals surface area contributed by atoms with Crippen molar-refractivity contribution >= 4 is 0 Å². The Kier molecular flexibility index (Phi) is 6.47. The van der Waals surface area contributed by atoms with Gasteiger partial charge in [-0.15, -0.1) is 19.7 Å². The van der Waals surface area contributed by atoms with E-state index in [4.69, 9.17) is 0 Å². The van der Waals surface area contributed by atoms with Crippen LogP contribution in [0.25, 0.3) is 0 Å². The van der Waals surface area contributed by atoms with Crippen LogP contribution in [0.2, 0.25) is 0 Å². The highest BCUT2D eigenvalue weighted by Crippen LogP contribution is 2.60. The summed E-state index contributed by atoms with van der Waals surface area (Å²) in [5.41, 5.74) is 2.79. The molecule has 2 aliphatic carbocycles. The van der Waals surface area contributed by atoms with E-state index in [0.717, 1.165) is 25.2 Å². The first kappa shape index (κ1) is 18.3. The van der Waals surface area contributed by atoms with Crippen molar-refractivity contribution in [1.29, 1.82) is 0 Å². The van der Waals surface area contributed by atoms with Gasteiger partial charge in [0.2, 0.25) is 0 Å². The van der Waals surface area contributed by atoms with Crippen LogP contribution >= 0.6 is 0 Å². The Labute approximate surface area is 142 Å². The molecule has 0 heterocycles. The minimum absolute atomic E-state index is 0.118. The Hall–Kier alpha value is -1.08. The van der Waals surface area contributed by atoms with Gasteiger partial charge in [-0.3, -0.25) is 0 Å². The number of hydrogen-bond acceptors (Lipinski definition) is 1. The quantitative estimate of drug-likeness (QED) is 0.586. The van der Waals surface area contributed by atoms with Crippen molar-refractivity contribution in [2.75, 3.05) is 6.61 Å². The maximum absolute atomic E-state index is 9.90. The summed E-state index contributed by atoms with van der Waals surface area (Å²) in [6, 6.07) is 0. The summed E-state index contributed by atoms with van der Waals surface area (Å²) in [6.45, 7) is 14.4. The summed E-state index contributed by atoms with van der Waals surface area (Å²) in [5, 5.41) is 9.90. The number of rotatable bonds is 7. The van der Waals surface area contributed by atoms with Crippen LogP contribution < -0.4 is 0 Å². The Balaban J connectivity index is 2.59. The van der Waals surface area contributed by atoms with Crippen molar-refractivity contribution in [3.8, 4) is 0 Å². The fourth-order valence-corrected chi connectivity index (χ4v) is 5.70. The molecule has 2 fully saturated rings. The lowest BCUT2D eigenvalue weighted by molar-refractivity contribution is 0.0364. The van der Waals surface area contributed by atoms with Gasteiger partial charge < -0.3 is 5.11 Å². The van der Waals surface area contributed by atoms with E-state index in [2.05, 4.69) is 44.9 Å². The molecule has 0 aliphatic heterocycles. The van der Waals surface area contributed by atoms with Gasteiger partial charge in [-0.25, -0.2) is 0 Å². The minimum atomic E-state index is 0.118. The van der Waals surface area contributed by atoms with Crippen molar-refractivity contribution in [2.45, 2.75) is 58.3 Å². The second-order valence-electron chi connectivity index (χ2n) is 7.60. The van der Waals surface area contributed by atoms with Gasteiger partial charge in [0.25, 0.3) is 0 Å². The first-order chi connectivity index (χ1) is 11.1. The number of fused-ring (bicyclic) bond motifs is 1. The van der Waals surface area contributed by atoms with Gasteiger partial charge >= 0.3 is 0 Å². The summed E-state index contributed by atoms with van der Waals surface area (Å²) in [7, 11) is 0. The second kappa shape index (κ2) is 8.15. The lowest BCUT2D eigenvalue weighted by Gasteiger charge is -2.55.